The molecule has 0 radical (unpaired) electrons. The van der Waals surface area contributed by atoms with Crippen LogP contribution in [0.15, 0.2) is 24.3 Å². The molecule has 3 aromatic rings. The minimum atomic E-state index is 0.176. The van der Waals surface area contributed by atoms with Gasteiger partial charge in [-0.2, -0.15) is 0 Å². The number of hydrogen-bond acceptors (Lipinski definition) is 3. The van der Waals surface area contributed by atoms with Crippen molar-refractivity contribution in [2.24, 2.45) is 0 Å². The number of alkyl halides is 1. The molecule has 0 N–H and O–H groups in total. The van der Waals surface area contributed by atoms with Gasteiger partial charge in [-0.25, -0.2) is 0 Å². The van der Waals surface area contributed by atoms with E-state index in [4.69, 9.17) is 0 Å². The van der Waals surface area contributed by atoms with Crippen molar-refractivity contribution >= 4 is 43.4 Å². The first-order valence-electron chi connectivity index (χ1n) is 5.35. The van der Waals surface area contributed by atoms with Gasteiger partial charge < -0.3 is 0 Å². The van der Waals surface area contributed by atoms with Gasteiger partial charge >= 0.3 is 125 Å². The van der Waals surface area contributed by atoms with Crippen molar-refractivity contribution in [1.29, 1.82) is 0 Å². The second kappa shape index (κ2) is 4.99. The van der Waals surface area contributed by atoms with Crippen molar-refractivity contribution in [3.63, 3.8) is 0 Å². The SMILES string of the molecule is Cc1ccc([I-]Cc2cc3sc(C)cc3s2)s1. The van der Waals surface area contributed by atoms with E-state index >= 15 is 0 Å². The molecule has 0 fully saturated rings. The first-order chi connectivity index (χ1) is 8.20. The van der Waals surface area contributed by atoms with Crippen molar-refractivity contribution in [2.75, 3.05) is 0 Å². The summed E-state index contributed by atoms with van der Waals surface area (Å²) >= 11 is 6.06. The quantitative estimate of drug-likeness (QED) is 0.474. The Labute approximate surface area is 124 Å². The van der Waals surface area contributed by atoms with Crippen molar-refractivity contribution in [3.05, 3.63) is 41.8 Å². The summed E-state index contributed by atoms with van der Waals surface area (Å²) in [6, 6.07) is 9.28. The zero-order chi connectivity index (χ0) is 11.8. The first-order valence-corrected chi connectivity index (χ1v) is 10.4. The van der Waals surface area contributed by atoms with E-state index in [0.29, 0.717) is 0 Å². The number of thiophene rings is 3. The Kier molecular flexibility index (Phi) is 3.57. The number of rotatable bonds is 3. The summed E-state index contributed by atoms with van der Waals surface area (Å²) in [5, 5.41) is 0. The van der Waals surface area contributed by atoms with Crippen LogP contribution < -0.4 is 21.2 Å². The number of fused-ring (bicyclic) bond motifs is 1. The second-order valence-corrected chi connectivity index (χ2v) is 11.1. The van der Waals surface area contributed by atoms with Crippen molar-refractivity contribution in [2.45, 2.75) is 18.3 Å². The maximum atomic E-state index is 2.40. The van der Waals surface area contributed by atoms with Crippen LogP contribution in [0.5, 0.6) is 0 Å². The first kappa shape index (κ1) is 12.1. The molecular weight excluding hydrogens is 379 g/mol. The monoisotopic (exact) mass is 391 g/mol. The normalized spacial score (nSPS) is 11.6. The molecule has 3 aromatic heterocycles. The van der Waals surface area contributed by atoms with E-state index in [-0.39, 0.29) is 21.2 Å². The van der Waals surface area contributed by atoms with Gasteiger partial charge in [0.25, 0.3) is 0 Å². The van der Waals surface area contributed by atoms with Gasteiger partial charge in [0.05, 0.1) is 0 Å². The summed E-state index contributed by atoms with van der Waals surface area (Å²) in [6.07, 6.45) is 0. The van der Waals surface area contributed by atoms with Gasteiger partial charge in [-0.15, -0.1) is 0 Å². The van der Waals surface area contributed by atoms with Crippen LogP contribution in [0.4, 0.5) is 0 Å². The van der Waals surface area contributed by atoms with Gasteiger partial charge in [-0.05, 0) is 0 Å². The van der Waals surface area contributed by atoms with E-state index in [1.807, 2.05) is 34.0 Å². The molecule has 3 rings (SSSR count). The van der Waals surface area contributed by atoms with Crippen molar-refractivity contribution in [1.82, 2.24) is 0 Å². The molecule has 0 saturated heterocycles. The molecule has 17 heavy (non-hydrogen) atoms. The van der Waals surface area contributed by atoms with E-state index in [9.17, 15) is 0 Å². The van der Waals surface area contributed by atoms with E-state index < -0.39 is 0 Å². The van der Waals surface area contributed by atoms with Gasteiger partial charge in [-0.1, -0.05) is 0 Å². The number of aryl methyl sites for hydroxylation is 2. The summed E-state index contributed by atoms with van der Waals surface area (Å²) in [5.74, 6) is 0. The Bertz CT molecular complexity index is 613. The molecule has 3 heterocycles. The van der Waals surface area contributed by atoms with Gasteiger partial charge in [0.2, 0.25) is 0 Å². The number of halogens is 1. The molecule has 0 nitrogen and oxygen atoms in total. The zero-order valence-corrected chi connectivity index (χ0v) is 14.2. The van der Waals surface area contributed by atoms with Crippen LogP contribution in [-0.2, 0) is 4.43 Å². The molecule has 0 spiro atoms. The summed E-state index contributed by atoms with van der Waals surface area (Å²) in [5.41, 5.74) is 0. The third kappa shape index (κ3) is 2.75. The molecule has 0 saturated carbocycles. The molecule has 0 unspecified atom stereocenters. The van der Waals surface area contributed by atoms with Crippen molar-refractivity contribution in [3.8, 4) is 0 Å². The van der Waals surface area contributed by atoms with Crippen LogP contribution in [0, 0.1) is 16.7 Å². The van der Waals surface area contributed by atoms with E-state index in [2.05, 4.69) is 38.1 Å². The van der Waals surface area contributed by atoms with Crippen LogP contribution >= 0.6 is 34.0 Å². The third-order valence-electron chi connectivity index (χ3n) is 2.42. The topological polar surface area (TPSA) is 0 Å². The molecule has 0 aliphatic heterocycles. The summed E-state index contributed by atoms with van der Waals surface area (Å²) in [4.78, 5) is 4.45. The molecule has 0 aliphatic carbocycles. The molecule has 0 bridgehead atoms. The Morgan fingerprint density at radius 3 is 2.47 bits per heavy atom. The molecular formula is C13H12IS3-. The molecule has 4 heteroatoms. The molecule has 90 valence electrons. The predicted molar refractivity (Wildman–Crippen MR) is 75.9 cm³/mol. The van der Waals surface area contributed by atoms with Crippen LogP contribution in [0.25, 0.3) is 9.40 Å². The maximum absolute atomic E-state index is 2.40. The third-order valence-corrected chi connectivity index (χ3v) is 9.64. The fraction of sp³-hybridized carbons (Fsp3) is 0.231. The molecule has 0 aromatic carbocycles. The predicted octanol–water partition coefficient (Wildman–Crippen LogP) is 2.10. The Morgan fingerprint density at radius 2 is 1.76 bits per heavy atom. The Morgan fingerprint density at radius 1 is 0.941 bits per heavy atom. The fourth-order valence-corrected chi connectivity index (χ4v) is 8.62. The van der Waals surface area contributed by atoms with E-state index in [0.717, 1.165) is 0 Å². The molecule has 0 aliphatic rings. The van der Waals surface area contributed by atoms with Crippen LogP contribution in [-0.4, -0.2) is 0 Å². The van der Waals surface area contributed by atoms with Gasteiger partial charge in [0.15, 0.2) is 0 Å². The number of hydrogen-bond donors (Lipinski definition) is 0. The Balaban J connectivity index is 1.74. The summed E-state index contributed by atoms with van der Waals surface area (Å²) in [6.45, 7) is 4.39. The van der Waals surface area contributed by atoms with Gasteiger partial charge in [-0.3, -0.25) is 0 Å². The van der Waals surface area contributed by atoms with Gasteiger partial charge in [0, 0.05) is 0 Å². The minimum absolute atomic E-state index is 0.176. The zero-order valence-electron chi connectivity index (χ0n) is 9.62. The molecule has 0 atom stereocenters. The summed E-state index contributed by atoms with van der Waals surface area (Å²) in [7, 11) is 0. The van der Waals surface area contributed by atoms with Gasteiger partial charge in [0.1, 0.15) is 0 Å². The average molecular weight is 391 g/mol. The van der Waals surface area contributed by atoms with Crippen LogP contribution in [0.3, 0.4) is 0 Å². The molecule has 0 amide bonds. The van der Waals surface area contributed by atoms with Crippen LogP contribution in [0.2, 0.25) is 0 Å². The Hall–Kier alpha value is 0.0900. The standard InChI is InChI=1S/C13H12IS3/c1-8-3-4-13(16-8)14-7-10-6-12-11(17-10)5-9(2)15-12/h3-6H,7H2,1-2H3/q-1. The van der Waals surface area contributed by atoms with Crippen molar-refractivity contribution < 1.29 is 21.2 Å². The second-order valence-electron chi connectivity index (χ2n) is 3.92. The summed E-state index contributed by atoms with van der Waals surface area (Å²) < 4.78 is 5.88. The van der Waals surface area contributed by atoms with Crippen LogP contribution in [0.1, 0.15) is 14.6 Å². The van der Waals surface area contributed by atoms with E-state index in [1.165, 1.54) is 23.6 Å². The van der Waals surface area contributed by atoms with E-state index in [1.54, 1.807) is 7.76 Å². The fourth-order valence-electron chi connectivity index (χ4n) is 1.68. The average Bonchev–Trinajstić information content (AvgIpc) is 2.89.